The van der Waals surface area contributed by atoms with Crippen LogP contribution in [-0.4, -0.2) is 46.9 Å². The number of nitrogens with one attached hydrogen (secondary N) is 1. The van der Waals surface area contributed by atoms with Gasteiger partial charge in [0.15, 0.2) is 0 Å². The SMILES string of the molecule is CC(CCCO)NC(=O)N1CCC(C(O)c2ccccc2)CC1. The Bertz CT molecular complexity index is 472. The smallest absolute Gasteiger partial charge is 0.317 e. The second-order valence-electron chi connectivity index (χ2n) is 6.40. The third-order valence-electron chi connectivity index (χ3n) is 4.58. The number of rotatable bonds is 6. The number of nitrogens with zero attached hydrogens (tertiary/aromatic N) is 1. The Morgan fingerprint density at radius 3 is 2.57 bits per heavy atom. The van der Waals surface area contributed by atoms with Gasteiger partial charge in [0.1, 0.15) is 0 Å². The molecule has 23 heavy (non-hydrogen) atoms. The van der Waals surface area contributed by atoms with Crippen molar-refractivity contribution in [3.8, 4) is 0 Å². The first kappa shape index (κ1) is 17.8. The molecule has 1 aromatic carbocycles. The van der Waals surface area contributed by atoms with Crippen LogP contribution >= 0.6 is 0 Å². The molecule has 1 aliphatic rings. The van der Waals surface area contributed by atoms with E-state index in [9.17, 15) is 9.90 Å². The van der Waals surface area contributed by atoms with Crippen molar-refractivity contribution in [1.82, 2.24) is 10.2 Å². The molecule has 0 aromatic heterocycles. The second kappa shape index (κ2) is 8.89. The van der Waals surface area contributed by atoms with Gasteiger partial charge in [0.2, 0.25) is 0 Å². The molecule has 5 nitrogen and oxygen atoms in total. The minimum absolute atomic E-state index is 0.0388. The molecule has 0 saturated carbocycles. The molecule has 0 aliphatic carbocycles. The summed E-state index contributed by atoms with van der Waals surface area (Å²) >= 11 is 0. The highest BCUT2D eigenvalue weighted by molar-refractivity contribution is 5.74. The maximum absolute atomic E-state index is 12.2. The van der Waals surface area contributed by atoms with Crippen LogP contribution in [0.1, 0.15) is 44.3 Å². The fraction of sp³-hybridized carbons (Fsp3) is 0.611. The molecule has 2 rings (SSSR count). The van der Waals surface area contributed by atoms with Crippen molar-refractivity contribution in [3.05, 3.63) is 35.9 Å². The maximum atomic E-state index is 12.2. The van der Waals surface area contributed by atoms with Gasteiger partial charge in [-0.05, 0) is 44.1 Å². The highest BCUT2D eigenvalue weighted by atomic mass is 16.3. The summed E-state index contributed by atoms with van der Waals surface area (Å²) in [5.41, 5.74) is 0.952. The van der Waals surface area contributed by atoms with Gasteiger partial charge < -0.3 is 20.4 Å². The summed E-state index contributed by atoms with van der Waals surface area (Å²) in [5, 5.41) is 22.3. The first-order valence-corrected chi connectivity index (χ1v) is 8.51. The molecule has 1 saturated heterocycles. The number of hydrogen-bond donors (Lipinski definition) is 3. The molecular weight excluding hydrogens is 292 g/mol. The van der Waals surface area contributed by atoms with Crippen molar-refractivity contribution in [3.63, 3.8) is 0 Å². The summed E-state index contributed by atoms with van der Waals surface area (Å²) in [5.74, 6) is 0.202. The van der Waals surface area contributed by atoms with Crippen LogP contribution in [0.15, 0.2) is 30.3 Å². The normalized spacial score (nSPS) is 18.5. The summed E-state index contributed by atoms with van der Waals surface area (Å²) < 4.78 is 0. The molecule has 2 amide bonds. The van der Waals surface area contributed by atoms with E-state index >= 15 is 0 Å². The van der Waals surface area contributed by atoms with Crippen LogP contribution in [-0.2, 0) is 0 Å². The summed E-state index contributed by atoms with van der Waals surface area (Å²) in [6.45, 7) is 3.46. The quantitative estimate of drug-likeness (QED) is 0.753. The molecule has 1 heterocycles. The predicted octanol–water partition coefficient (Wildman–Crippen LogP) is 2.30. The Hall–Kier alpha value is -1.59. The van der Waals surface area contributed by atoms with Gasteiger partial charge in [0.25, 0.3) is 0 Å². The number of piperidine rings is 1. The standard InChI is InChI=1S/C18H28N2O3/c1-14(6-5-13-21)19-18(23)20-11-9-16(10-12-20)17(22)15-7-3-2-4-8-15/h2-4,7-8,14,16-17,21-22H,5-6,9-13H2,1H3,(H,19,23). The van der Waals surface area contributed by atoms with Crippen molar-refractivity contribution in [2.24, 2.45) is 5.92 Å². The second-order valence-corrected chi connectivity index (χ2v) is 6.40. The first-order chi connectivity index (χ1) is 11.1. The van der Waals surface area contributed by atoms with Gasteiger partial charge in [0, 0.05) is 25.7 Å². The van der Waals surface area contributed by atoms with E-state index in [1.54, 1.807) is 0 Å². The van der Waals surface area contributed by atoms with Gasteiger partial charge in [-0.2, -0.15) is 0 Å². The molecule has 2 unspecified atom stereocenters. The Morgan fingerprint density at radius 1 is 1.30 bits per heavy atom. The molecule has 2 atom stereocenters. The molecular formula is C18H28N2O3. The van der Waals surface area contributed by atoms with Crippen molar-refractivity contribution in [1.29, 1.82) is 0 Å². The van der Waals surface area contributed by atoms with E-state index in [1.807, 2.05) is 42.2 Å². The number of likely N-dealkylation sites (tertiary alicyclic amines) is 1. The van der Waals surface area contributed by atoms with Gasteiger partial charge >= 0.3 is 6.03 Å². The van der Waals surface area contributed by atoms with Gasteiger partial charge in [-0.25, -0.2) is 4.79 Å². The van der Waals surface area contributed by atoms with E-state index in [4.69, 9.17) is 5.11 Å². The Balaban J connectivity index is 1.78. The van der Waals surface area contributed by atoms with Crippen LogP contribution in [0.5, 0.6) is 0 Å². The summed E-state index contributed by atoms with van der Waals surface area (Å²) in [4.78, 5) is 14.0. The monoisotopic (exact) mass is 320 g/mol. The van der Waals surface area contributed by atoms with E-state index in [-0.39, 0.29) is 24.6 Å². The van der Waals surface area contributed by atoms with Crippen molar-refractivity contribution < 1.29 is 15.0 Å². The van der Waals surface area contributed by atoms with Crippen LogP contribution in [0.4, 0.5) is 4.79 Å². The Kier molecular flexibility index (Phi) is 6.86. The average Bonchev–Trinajstić information content (AvgIpc) is 2.60. The number of benzene rings is 1. The Morgan fingerprint density at radius 2 is 1.96 bits per heavy atom. The lowest BCUT2D eigenvalue weighted by atomic mass is 9.87. The maximum Gasteiger partial charge on any atom is 0.317 e. The molecule has 5 heteroatoms. The predicted molar refractivity (Wildman–Crippen MR) is 90.0 cm³/mol. The fourth-order valence-corrected chi connectivity index (χ4v) is 3.11. The van der Waals surface area contributed by atoms with Crippen LogP contribution in [0.3, 0.4) is 0 Å². The van der Waals surface area contributed by atoms with E-state index in [0.717, 1.165) is 24.8 Å². The summed E-state index contributed by atoms with van der Waals surface area (Å²) in [6, 6.07) is 9.76. The number of urea groups is 1. The van der Waals surface area contributed by atoms with Gasteiger partial charge in [0.05, 0.1) is 6.10 Å². The van der Waals surface area contributed by atoms with Crippen molar-refractivity contribution >= 4 is 6.03 Å². The van der Waals surface area contributed by atoms with E-state index in [0.29, 0.717) is 19.5 Å². The van der Waals surface area contributed by atoms with E-state index < -0.39 is 6.10 Å². The zero-order chi connectivity index (χ0) is 16.7. The zero-order valence-corrected chi connectivity index (χ0v) is 13.8. The summed E-state index contributed by atoms with van der Waals surface area (Å²) in [6.07, 6.45) is 2.66. The number of hydrogen-bond acceptors (Lipinski definition) is 3. The molecule has 1 fully saturated rings. The van der Waals surface area contributed by atoms with Crippen LogP contribution in [0.25, 0.3) is 0 Å². The van der Waals surface area contributed by atoms with Crippen molar-refractivity contribution in [2.45, 2.75) is 44.8 Å². The molecule has 1 aromatic rings. The largest absolute Gasteiger partial charge is 0.396 e. The van der Waals surface area contributed by atoms with Gasteiger partial charge in [-0.15, -0.1) is 0 Å². The third kappa shape index (κ3) is 5.22. The molecule has 0 radical (unpaired) electrons. The zero-order valence-electron chi connectivity index (χ0n) is 13.8. The van der Waals surface area contributed by atoms with Crippen LogP contribution in [0, 0.1) is 5.92 Å². The number of carbonyl (C=O) groups is 1. The number of carbonyl (C=O) groups excluding carboxylic acids is 1. The van der Waals surface area contributed by atoms with E-state index in [1.165, 1.54) is 0 Å². The fourth-order valence-electron chi connectivity index (χ4n) is 3.11. The molecule has 0 bridgehead atoms. The van der Waals surface area contributed by atoms with Gasteiger partial charge in [-0.1, -0.05) is 30.3 Å². The average molecular weight is 320 g/mol. The minimum Gasteiger partial charge on any atom is -0.396 e. The topological polar surface area (TPSA) is 72.8 Å². The molecule has 0 spiro atoms. The lowest BCUT2D eigenvalue weighted by Gasteiger charge is -2.35. The number of amides is 2. The first-order valence-electron chi connectivity index (χ1n) is 8.51. The van der Waals surface area contributed by atoms with Crippen molar-refractivity contribution in [2.75, 3.05) is 19.7 Å². The molecule has 1 aliphatic heterocycles. The number of aliphatic hydroxyl groups excluding tert-OH is 2. The highest BCUT2D eigenvalue weighted by Crippen LogP contribution is 2.30. The molecule has 128 valence electrons. The Labute approximate surface area is 138 Å². The van der Waals surface area contributed by atoms with Gasteiger partial charge in [-0.3, -0.25) is 0 Å². The lowest BCUT2D eigenvalue weighted by molar-refractivity contribution is 0.0661. The summed E-state index contributed by atoms with van der Waals surface area (Å²) in [7, 11) is 0. The third-order valence-corrected chi connectivity index (χ3v) is 4.58. The molecule has 3 N–H and O–H groups in total. The number of aliphatic hydroxyl groups is 2. The van der Waals surface area contributed by atoms with E-state index in [2.05, 4.69) is 5.32 Å². The van der Waals surface area contributed by atoms with Crippen LogP contribution in [0.2, 0.25) is 0 Å². The minimum atomic E-state index is -0.454. The lowest BCUT2D eigenvalue weighted by Crippen LogP contribution is -2.47. The highest BCUT2D eigenvalue weighted by Gasteiger charge is 2.28. The van der Waals surface area contributed by atoms with Crippen LogP contribution < -0.4 is 5.32 Å².